The van der Waals surface area contributed by atoms with Gasteiger partial charge in [-0.25, -0.2) is 4.79 Å². The molecule has 4 heteroatoms. The summed E-state index contributed by atoms with van der Waals surface area (Å²) in [5.74, 6) is 0.631. The van der Waals surface area contributed by atoms with Crippen LogP contribution in [-0.2, 0) is 18.4 Å². The number of fused-ring (bicyclic) bond motifs is 3. The Hall–Kier alpha value is -2.33. The summed E-state index contributed by atoms with van der Waals surface area (Å²) in [6, 6.07) is 16.5. The average Bonchev–Trinajstić information content (AvgIpc) is 3.13. The van der Waals surface area contributed by atoms with E-state index in [1.54, 1.807) is 0 Å². The maximum absolute atomic E-state index is 12.2. The molecule has 1 fully saturated rings. The molecule has 136 valence electrons. The molecule has 4 nitrogen and oxygen atoms in total. The van der Waals surface area contributed by atoms with E-state index in [1.165, 1.54) is 17.5 Å². The maximum atomic E-state index is 12.2. The van der Waals surface area contributed by atoms with Gasteiger partial charge in [-0.3, -0.25) is 4.90 Å². The van der Waals surface area contributed by atoms with E-state index in [0.29, 0.717) is 18.3 Å². The first kappa shape index (κ1) is 17.1. The molecule has 26 heavy (non-hydrogen) atoms. The molecule has 4 rings (SSSR count). The van der Waals surface area contributed by atoms with Gasteiger partial charge in [0.05, 0.1) is 0 Å². The van der Waals surface area contributed by atoms with Crippen molar-refractivity contribution in [2.75, 3.05) is 13.1 Å². The third-order valence-corrected chi connectivity index (χ3v) is 6.10. The van der Waals surface area contributed by atoms with Gasteiger partial charge in [0.25, 0.3) is 0 Å². The number of likely N-dealkylation sites (tertiary alicyclic amines) is 1. The van der Waals surface area contributed by atoms with Crippen LogP contribution in [0.15, 0.2) is 48.5 Å². The molecule has 0 spiro atoms. The summed E-state index contributed by atoms with van der Waals surface area (Å²) in [4.78, 5) is 14.7. The lowest BCUT2D eigenvalue weighted by Gasteiger charge is -2.29. The molecule has 1 saturated heterocycles. The first-order valence-electron chi connectivity index (χ1n) is 9.47. The van der Waals surface area contributed by atoms with E-state index in [1.807, 2.05) is 36.4 Å². The third kappa shape index (κ3) is 2.99. The lowest BCUT2D eigenvalue weighted by molar-refractivity contribution is 0.200. The first-order valence-corrected chi connectivity index (χ1v) is 9.47. The standard InChI is InChI=1S/C22H26N2O2/c1-3-24-12-11-22(2)19-14-18(10-9-17(19)13-20(22)24)26-21(25)23-15-16-7-5-4-6-8-16/h4-10,14,20H,3,11-13,15H2,1-2H3,(H,23,25)/t20-,22+/m0/s1. The molecule has 1 aliphatic carbocycles. The fourth-order valence-corrected chi connectivity index (χ4v) is 4.60. The predicted molar refractivity (Wildman–Crippen MR) is 102 cm³/mol. The minimum atomic E-state index is -0.407. The highest BCUT2D eigenvalue weighted by atomic mass is 16.6. The summed E-state index contributed by atoms with van der Waals surface area (Å²) >= 11 is 0. The summed E-state index contributed by atoms with van der Waals surface area (Å²) < 4.78 is 5.54. The maximum Gasteiger partial charge on any atom is 0.412 e. The second-order valence-electron chi connectivity index (χ2n) is 7.56. The number of rotatable bonds is 4. The predicted octanol–water partition coefficient (Wildman–Crippen LogP) is 3.88. The summed E-state index contributed by atoms with van der Waals surface area (Å²) in [5, 5.41) is 2.82. The van der Waals surface area contributed by atoms with Crippen molar-refractivity contribution in [2.24, 2.45) is 0 Å². The van der Waals surface area contributed by atoms with E-state index < -0.39 is 6.09 Å². The van der Waals surface area contributed by atoms with Gasteiger partial charge in [0.1, 0.15) is 5.75 Å². The Morgan fingerprint density at radius 3 is 2.85 bits per heavy atom. The number of benzene rings is 2. The average molecular weight is 350 g/mol. The van der Waals surface area contributed by atoms with E-state index in [9.17, 15) is 4.79 Å². The monoisotopic (exact) mass is 350 g/mol. The number of amides is 1. The van der Waals surface area contributed by atoms with Gasteiger partial charge in [-0.1, -0.05) is 50.2 Å². The topological polar surface area (TPSA) is 41.6 Å². The molecule has 1 heterocycles. The van der Waals surface area contributed by atoms with Gasteiger partial charge < -0.3 is 10.1 Å². The highest BCUT2D eigenvalue weighted by Crippen LogP contribution is 2.48. The summed E-state index contributed by atoms with van der Waals surface area (Å²) in [6.45, 7) is 7.31. The number of carbonyl (C=O) groups excluding carboxylic acids is 1. The number of nitrogens with zero attached hydrogens (tertiary/aromatic N) is 1. The summed E-state index contributed by atoms with van der Waals surface area (Å²) in [5.41, 5.74) is 3.98. The van der Waals surface area contributed by atoms with Crippen LogP contribution >= 0.6 is 0 Å². The van der Waals surface area contributed by atoms with E-state index in [4.69, 9.17) is 4.74 Å². The Morgan fingerprint density at radius 2 is 2.08 bits per heavy atom. The van der Waals surface area contributed by atoms with Crippen molar-refractivity contribution >= 4 is 6.09 Å². The molecule has 0 radical (unpaired) electrons. The fourth-order valence-electron chi connectivity index (χ4n) is 4.60. The Kier molecular flexibility index (Phi) is 4.45. The van der Waals surface area contributed by atoms with Gasteiger partial charge in [0.2, 0.25) is 0 Å². The number of carbonyl (C=O) groups is 1. The Balaban J connectivity index is 1.45. The van der Waals surface area contributed by atoms with Crippen LogP contribution < -0.4 is 10.1 Å². The molecule has 0 bridgehead atoms. The van der Waals surface area contributed by atoms with Gasteiger partial charge >= 0.3 is 6.09 Å². The van der Waals surface area contributed by atoms with E-state index in [-0.39, 0.29) is 5.41 Å². The van der Waals surface area contributed by atoms with Crippen LogP contribution in [0, 0.1) is 0 Å². The van der Waals surface area contributed by atoms with Crippen LogP contribution in [-0.4, -0.2) is 30.1 Å². The molecule has 2 atom stereocenters. The van der Waals surface area contributed by atoms with Crippen molar-refractivity contribution in [1.29, 1.82) is 0 Å². The zero-order chi connectivity index (χ0) is 18.1. The summed E-state index contributed by atoms with van der Waals surface area (Å²) in [7, 11) is 0. The van der Waals surface area contributed by atoms with E-state index in [2.05, 4.69) is 36.2 Å². The molecule has 2 aromatic rings. The van der Waals surface area contributed by atoms with Crippen molar-refractivity contribution in [3.8, 4) is 5.75 Å². The van der Waals surface area contributed by atoms with Gasteiger partial charge in [-0.15, -0.1) is 0 Å². The molecule has 2 aromatic carbocycles. The van der Waals surface area contributed by atoms with Crippen LogP contribution in [0.3, 0.4) is 0 Å². The molecule has 0 saturated carbocycles. The van der Waals surface area contributed by atoms with Gasteiger partial charge in [-0.05, 0) is 54.8 Å². The molecule has 2 aliphatic rings. The number of hydrogen-bond donors (Lipinski definition) is 1. The number of ether oxygens (including phenoxy) is 1. The minimum absolute atomic E-state index is 0.172. The van der Waals surface area contributed by atoms with Crippen molar-refractivity contribution in [3.63, 3.8) is 0 Å². The molecule has 1 aliphatic heterocycles. The number of likely N-dealkylation sites (N-methyl/N-ethyl adjacent to an activating group) is 1. The lowest BCUT2D eigenvalue weighted by atomic mass is 9.80. The van der Waals surface area contributed by atoms with Crippen molar-refractivity contribution < 1.29 is 9.53 Å². The van der Waals surface area contributed by atoms with Crippen LogP contribution in [0.5, 0.6) is 5.75 Å². The Labute approximate surface area is 155 Å². The summed E-state index contributed by atoms with van der Waals surface area (Å²) in [6.07, 6.45) is 1.86. The highest BCUT2D eigenvalue weighted by Gasteiger charge is 2.49. The quantitative estimate of drug-likeness (QED) is 0.910. The van der Waals surface area contributed by atoms with Crippen LogP contribution in [0.2, 0.25) is 0 Å². The third-order valence-electron chi connectivity index (χ3n) is 6.10. The number of hydrogen-bond acceptors (Lipinski definition) is 3. The minimum Gasteiger partial charge on any atom is -0.410 e. The van der Waals surface area contributed by atoms with Crippen LogP contribution in [0.4, 0.5) is 4.79 Å². The Morgan fingerprint density at radius 1 is 1.27 bits per heavy atom. The van der Waals surface area contributed by atoms with Crippen molar-refractivity contribution in [1.82, 2.24) is 10.2 Å². The smallest absolute Gasteiger partial charge is 0.410 e. The molecular weight excluding hydrogens is 324 g/mol. The molecule has 1 N–H and O–H groups in total. The zero-order valence-electron chi connectivity index (χ0n) is 15.5. The zero-order valence-corrected chi connectivity index (χ0v) is 15.5. The molecular formula is C22H26N2O2. The first-order chi connectivity index (χ1) is 12.6. The lowest BCUT2D eigenvalue weighted by Crippen LogP contribution is -2.37. The second kappa shape index (κ2) is 6.76. The molecule has 0 unspecified atom stereocenters. The fraction of sp³-hybridized carbons (Fsp3) is 0.409. The van der Waals surface area contributed by atoms with Crippen LogP contribution in [0.1, 0.15) is 37.0 Å². The van der Waals surface area contributed by atoms with E-state index >= 15 is 0 Å². The number of nitrogens with one attached hydrogen (secondary N) is 1. The van der Waals surface area contributed by atoms with Crippen molar-refractivity contribution in [2.45, 2.75) is 44.7 Å². The largest absolute Gasteiger partial charge is 0.412 e. The van der Waals surface area contributed by atoms with Gasteiger partial charge in [0, 0.05) is 18.0 Å². The molecule has 1 amide bonds. The molecule has 0 aromatic heterocycles. The van der Waals surface area contributed by atoms with Crippen LogP contribution in [0.25, 0.3) is 0 Å². The second-order valence-corrected chi connectivity index (χ2v) is 7.56. The highest BCUT2D eigenvalue weighted by molar-refractivity contribution is 5.70. The van der Waals surface area contributed by atoms with Crippen molar-refractivity contribution in [3.05, 3.63) is 65.2 Å². The SMILES string of the molecule is CCN1CC[C@]2(C)c3cc(OC(=O)NCc4ccccc4)ccc3C[C@H]12. The van der Waals surface area contributed by atoms with Gasteiger partial charge in [0.15, 0.2) is 0 Å². The normalized spacial score (nSPS) is 24.2. The van der Waals surface area contributed by atoms with Gasteiger partial charge in [-0.2, -0.15) is 0 Å². The Bertz CT molecular complexity index is 805. The van der Waals surface area contributed by atoms with E-state index in [0.717, 1.165) is 25.1 Å².